The highest BCUT2D eigenvalue weighted by Gasteiger charge is 2.18. The van der Waals surface area contributed by atoms with E-state index >= 15 is 0 Å². The van der Waals surface area contributed by atoms with Crippen LogP contribution in [-0.4, -0.2) is 7.28 Å². The van der Waals surface area contributed by atoms with Gasteiger partial charge in [0, 0.05) is 0 Å². The van der Waals surface area contributed by atoms with Gasteiger partial charge in [0.15, 0.2) is 7.28 Å². The molecule has 0 N–H and O–H groups in total. The van der Waals surface area contributed by atoms with Crippen LogP contribution in [0.3, 0.4) is 0 Å². The highest BCUT2D eigenvalue weighted by atomic mass is 14.2. The average Bonchev–Trinajstić information content (AvgIpc) is 2.54. The van der Waals surface area contributed by atoms with E-state index in [-0.39, 0.29) is 7.43 Å². The standard InChI is InChI=1S/C22H30B.CH4/c1-11-13(3)17(7)21(18(8)14(11)4)23-22-19(9)15(5)12(2)16(6)20(22)10;/h1-10H3;1H4. The van der Waals surface area contributed by atoms with Crippen molar-refractivity contribution in [3.8, 4) is 0 Å². The fourth-order valence-corrected chi connectivity index (χ4v) is 3.64. The van der Waals surface area contributed by atoms with E-state index in [9.17, 15) is 0 Å². The van der Waals surface area contributed by atoms with E-state index in [1.54, 1.807) is 0 Å². The van der Waals surface area contributed by atoms with Crippen molar-refractivity contribution in [1.82, 2.24) is 0 Å². The molecule has 0 fully saturated rings. The van der Waals surface area contributed by atoms with Crippen molar-refractivity contribution in [3.63, 3.8) is 0 Å². The van der Waals surface area contributed by atoms with Crippen molar-refractivity contribution in [2.45, 2.75) is 76.7 Å². The first-order valence-corrected chi connectivity index (χ1v) is 8.58. The summed E-state index contributed by atoms with van der Waals surface area (Å²) in [4.78, 5) is 0. The molecule has 129 valence electrons. The summed E-state index contributed by atoms with van der Waals surface area (Å²) in [5.74, 6) is 0. The molecule has 1 radical (unpaired) electrons. The topological polar surface area (TPSA) is 0 Å². The van der Waals surface area contributed by atoms with Crippen molar-refractivity contribution in [3.05, 3.63) is 55.6 Å². The van der Waals surface area contributed by atoms with Crippen molar-refractivity contribution in [2.24, 2.45) is 0 Å². The summed E-state index contributed by atoms with van der Waals surface area (Å²) in [6.45, 7) is 22.5. The first-order valence-electron chi connectivity index (χ1n) is 8.58. The average molecular weight is 321 g/mol. The summed E-state index contributed by atoms with van der Waals surface area (Å²) in [6, 6.07) is 0. The van der Waals surface area contributed by atoms with Crippen molar-refractivity contribution in [1.29, 1.82) is 0 Å². The number of benzene rings is 2. The van der Waals surface area contributed by atoms with Crippen LogP contribution in [0.1, 0.15) is 63.1 Å². The minimum Gasteiger partial charge on any atom is -0.0776 e. The Bertz CT molecular complexity index is 669. The summed E-state index contributed by atoms with van der Waals surface area (Å²) in [5.41, 5.74) is 17.0. The van der Waals surface area contributed by atoms with E-state index in [0.717, 1.165) is 0 Å². The summed E-state index contributed by atoms with van der Waals surface area (Å²) in [5, 5.41) is 0. The van der Waals surface area contributed by atoms with Crippen LogP contribution in [0, 0.1) is 69.2 Å². The monoisotopic (exact) mass is 321 g/mol. The van der Waals surface area contributed by atoms with Gasteiger partial charge in [-0.25, -0.2) is 0 Å². The third kappa shape index (κ3) is 3.06. The highest BCUT2D eigenvalue weighted by molar-refractivity contribution is 6.69. The Morgan fingerprint density at radius 2 is 0.500 bits per heavy atom. The van der Waals surface area contributed by atoms with Gasteiger partial charge in [-0.2, -0.15) is 0 Å². The van der Waals surface area contributed by atoms with Gasteiger partial charge >= 0.3 is 0 Å². The predicted molar refractivity (Wildman–Crippen MR) is 112 cm³/mol. The minimum atomic E-state index is 0. The number of hydrogen-bond acceptors (Lipinski definition) is 0. The lowest BCUT2D eigenvalue weighted by Crippen LogP contribution is -2.36. The second-order valence-electron chi connectivity index (χ2n) is 7.22. The van der Waals surface area contributed by atoms with E-state index in [4.69, 9.17) is 0 Å². The van der Waals surface area contributed by atoms with E-state index in [1.807, 2.05) is 0 Å². The highest BCUT2D eigenvalue weighted by Crippen LogP contribution is 2.21. The molecule has 0 saturated heterocycles. The van der Waals surface area contributed by atoms with Crippen LogP contribution in [0.15, 0.2) is 0 Å². The summed E-state index contributed by atoms with van der Waals surface area (Å²) in [7, 11) is 2.42. The Labute approximate surface area is 150 Å². The van der Waals surface area contributed by atoms with Gasteiger partial charge in [-0.1, -0.05) is 40.6 Å². The SMILES string of the molecule is C.Cc1c(C)c(C)c([B]c2c(C)c(C)c(C)c(C)c2C)c(C)c1C. The van der Waals surface area contributed by atoms with Gasteiger partial charge in [0.05, 0.1) is 0 Å². The Morgan fingerprint density at radius 1 is 0.333 bits per heavy atom. The molecule has 0 aliphatic rings. The zero-order chi connectivity index (χ0) is 17.6. The molecule has 0 atom stereocenters. The second kappa shape index (κ2) is 7.17. The molecule has 0 heterocycles. The third-order valence-electron chi connectivity index (χ3n) is 6.40. The predicted octanol–water partition coefficient (Wildman–Crippen LogP) is 5.06. The van der Waals surface area contributed by atoms with Gasteiger partial charge in [0.2, 0.25) is 0 Å². The molecule has 0 aliphatic carbocycles. The van der Waals surface area contributed by atoms with Crippen LogP contribution >= 0.6 is 0 Å². The molecule has 0 bridgehead atoms. The minimum absolute atomic E-state index is 0. The van der Waals surface area contributed by atoms with Crippen molar-refractivity contribution in [2.75, 3.05) is 0 Å². The lowest BCUT2D eigenvalue weighted by atomic mass is 9.56. The summed E-state index contributed by atoms with van der Waals surface area (Å²) < 4.78 is 0. The first-order chi connectivity index (χ1) is 10.6. The smallest absolute Gasteiger partial charge is 0.0776 e. The van der Waals surface area contributed by atoms with E-state index in [1.165, 1.54) is 66.6 Å². The molecule has 2 aromatic carbocycles. The maximum Gasteiger partial charge on any atom is 0.192 e. The second-order valence-corrected chi connectivity index (χ2v) is 7.22. The molecule has 0 saturated carbocycles. The van der Waals surface area contributed by atoms with Gasteiger partial charge in [-0.15, -0.1) is 0 Å². The molecule has 24 heavy (non-hydrogen) atoms. The molecule has 0 amide bonds. The number of rotatable bonds is 2. The Balaban J connectivity index is 0.00000288. The van der Waals surface area contributed by atoms with Gasteiger partial charge in [0.1, 0.15) is 0 Å². The van der Waals surface area contributed by atoms with Crippen LogP contribution in [0.25, 0.3) is 0 Å². The normalized spacial score (nSPS) is 10.6. The molecule has 0 aromatic heterocycles. The molecule has 1 heteroatoms. The van der Waals surface area contributed by atoms with Gasteiger partial charge in [0.25, 0.3) is 0 Å². The Hall–Kier alpha value is -1.50. The van der Waals surface area contributed by atoms with Crippen LogP contribution in [0.5, 0.6) is 0 Å². The maximum atomic E-state index is 2.42. The van der Waals surface area contributed by atoms with Crippen LogP contribution in [0.4, 0.5) is 0 Å². The van der Waals surface area contributed by atoms with Crippen LogP contribution in [-0.2, 0) is 0 Å². The third-order valence-corrected chi connectivity index (χ3v) is 6.40. The lowest BCUT2D eigenvalue weighted by molar-refractivity contribution is 1.19. The Kier molecular flexibility index (Phi) is 6.14. The maximum absolute atomic E-state index is 2.42. The van der Waals surface area contributed by atoms with Crippen molar-refractivity contribution < 1.29 is 0 Å². The molecule has 0 aliphatic heterocycles. The number of hydrogen-bond donors (Lipinski definition) is 0. The first kappa shape index (κ1) is 20.5. The molecule has 2 rings (SSSR count). The fraction of sp³-hybridized carbons (Fsp3) is 0.478. The zero-order valence-corrected chi connectivity index (χ0v) is 16.6. The molecule has 2 aromatic rings. The van der Waals surface area contributed by atoms with Crippen LogP contribution in [0.2, 0.25) is 0 Å². The molecule has 0 spiro atoms. The van der Waals surface area contributed by atoms with E-state index in [2.05, 4.69) is 76.5 Å². The van der Waals surface area contributed by atoms with Crippen LogP contribution < -0.4 is 10.9 Å². The molecular weight excluding hydrogens is 287 g/mol. The zero-order valence-electron chi connectivity index (χ0n) is 16.6. The van der Waals surface area contributed by atoms with Gasteiger partial charge in [-0.05, 0) is 103 Å². The lowest BCUT2D eigenvalue weighted by Gasteiger charge is -2.22. The largest absolute Gasteiger partial charge is 0.192 e. The van der Waals surface area contributed by atoms with Gasteiger partial charge in [-0.3, -0.25) is 0 Å². The van der Waals surface area contributed by atoms with Crippen molar-refractivity contribution >= 4 is 18.2 Å². The molecule has 0 unspecified atom stereocenters. The molecular formula is C23H34B. The summed E-state index contributed by atoms with van der Waals surface area (Å²) >= 11 is 0. The van der Waals surface area contributed by atoms with E-state index < -0.39 is 0 Å². The fourth-order valence-electron chi connectivity index (χ4n) is 3.64. The summed E-state index contributed by atoms with van der Waals surface area (Å²) in [6.07, 6.45) is 0. The molecule has 0 nitrogen and oxygen atoms in total. The van der Waals surface area contributed by atoms with Gasteiger partial charge < -0.3 is 0 Å². The van der Waals surface area contributed by atoms with E-state index in [0.29, 0.717) is 0 Å². The quantitative estimate of drug-likeness (QED) is 0.678. The Morgan fingerprint density at radius 3 is 0.708 bits per heavy atom.